The number of benzene rings is 1. The molecule has 1 unspecified atom stereocenters. The molecule has 0 aliphatic rings. The van der Waals surface area contributed by atoms with Crippen molar-refractivity contribution in [3.05, 3.63) is 29.3 Å². The Balaban J connectivity index is 3.70. The predicted octanol–water partition coefficient (Wildman–Crippen LogP) is 1.49. The van der Waals surface area contributed by atoms with Gasteiger partial charge in [0.15, 0.2) is 0 Å². The zero-order valence-corrected chi connectivity index (χ0v) is 15.1. The van der Waals surface area contributed by atoms with Gasteiger partial charge in [-0.05, 0) is 0 Å². The van der Waals surface area contributed by atoms with Crippen molar-refractivity contribution in [2.75, 3.05) is 6.61 Å². The van der Waals surface area contributed by atoms with E-state index in [1.165, 1.54) is 6.07 Å². The maximum atomic E-state index is 10.4. The van der Waals surface area contributed by atoms with Gasteiger partial charge in [0.05, 0.1) is 0 Å². The Morgan fingerprint density at radius 1 is 0.955 bits per heavy atom. The van der Waals surface area contributed by atoms with E-state index in [9.17, 15) is 19.8 Å². The molecule has 6 heteroatoms. The van der Waals surface area contributed by atoms with Crippen LogP contribution in [0.5, 0.6) is 0 Å². The Morgan fingerprint density at radius 2 is 1.45 bits per heavy atom. The van der Waals surface area contributed by atoms with Gasteiger partial charge in [-0.1, -0.05) is 0 Å². The first-order valence-electron chi connectivity index (χ1n) is 7.30. The summed E-state index contributed by atoms with van der Waals surface area (Å²) in [6, 6.07) is 4.97. The van der Waals surface area contributed by atoms with Gasteiger partial charge in [0, 0.05) is 0 Å². The SMILES string of the molecule is CC(C)(C)c1ccc(P(O)(O)(O)C(O)CO)c(C(C)(C)C)c1. The van der Waals surface area contributed by atoms with Crippen molar-refractivity contribution in [1.29, 1.82) is 0 Å². The molecule has 1 aromatic rings. The number of hydrogen-bond donors (Lipinski definition) is 5. The molecule has 1 rings (SSSR count). The van der Waals surface area contributed by atoms with Crippen molar-refractivity contribution in [1.82, 2.24) is 0 Å². The van der Waals surface area contributed by atoms with Gasteiger partial charge < -0.3 is 0 Å². The minimum atomic E-state index is -5.60. The molecule has 0 amide bonds. The molecular weight excluding hydrogens is 303 g/mol. The van der Waals surface area contributed by atoms with Gasteiger partial charge in [-0.2, -0.15) is 0 Å². The zero-order chi connectivity index (χ0) is 17.6. The Kier molecular flexibility index (Phi) is 4.89. The molecule has 0 bridgehead atoms. The molecule has 1 atom stereocenters. The third-order valence-corrected chi connectivity index (χ3v) is 6.42. The molecule has 1 aromatic carbocycles. The van der Waals surface area contributed by atoms with Gasteiger partial charge in [-0.25, -0.2) is 0 Å². The van der Waals surface area contributed by atoms with Crippen molar-refractivity contribution in [3.63, 3.8) is 0 Å². The summed E-state index contributed by atoms with van der Waals surface area (Å²) in [6.07, 6.45) is 0. The number of aliphatic hydroxyl groups excluding tert-OH is 2. The molecule has 0 spiro atoms. The van der Waals surface area contributed by atoms with E-state index >= 15 is 0 Å². The molecule has 0 radical (unpaired) electrons. The Labute approximate surface area is 132 Å². The second-order valence-corrected chi connectivity index (χ2v) is 11.1. The molecule has 0 saturated carbocycles. The summed E-state index contributed by atoms with van der Waals surface area (Å²) in [6.45, 7) is 10.8. The third-order valence-electron chi connectivity index (χ3n) is 3.85. The van der Waals surface area contributed by atoms with E-state index in [4.69, 9.17) is 5.11 Å². The maximum absolute atomic E-state index is 10.4. The molecule has 5 N–H and O–H groups in total. The molecule has 0 saturated heterocycles. The van der Waals surface area contributed by atoms with Gasteiger partial charge >= 0.3 is 132 Å². The molecular formula is C16H29O5P. The number of hydrogen-bond acceptors (Lipinski definition) is 5. The molecule has 0 aromatic heterocycles. The van der Waals surface area contributed by atoms with E-state index in [2.05, 4.69) is 0 Å². The van der Waals surface area contributed by atoms with Crippen molar-refractivity contribution in [3.8, 4) is 0 Å². The van der Waals surface area contributed by atoms with Crippen LogP contribution in [0, 0.1) is 0 Å². The first-order valence-corrected chi connectivity index (χ1v) is 9.47. The first kappa shape index (κ1) is 19.5. The topological polar surface area (TPSA) is 101 Å². The van der Waals surface area contributed by atoms with Gasteiger partial charge in [-0.15, -0.1) is 0 Å². The Hall–Kier alpha value is -0.550. The monoisotopic (exact) mass is 332 g/mol. The fourth-order valence-electron chi connectivity index (χ4n) is 2.29. The van der Waals surface area contributed by atoms with Gasteiger partial charge in [0.2, 0.25) is 0 Å². The average Bonchev–Trinajstić information content (AvgIpc) is 2.34. The quantitative estimate of drug-likeness (QED) is 0.540. The molecule has 128 valence electrons. The van der Waals surface area contributed by atoms with Crippen LogP contribution in [-0.2, 0) is 10.8 Å². The van der Waals surface area contributed by atoms with Crippen molar-refractivity contribution in [2.24, 2.45) is 0 Å². The van der Waals surface area contributed by atoms with Crippen LogP contribution in [0.25, 0.3) is 0 Å². The van der Waals surface area contributed by atoms with Crippen molar-refractivity contribution < 1.29 is 24.9 Å². The molecule has 0 aliphatic carbocycles. The van der Waals surface area contributed by atoms with E-state index in [-0.39, 0.29) is 10.7 Å². The second kappa shape index (κ2) is 5.52. The van der Waals surface area contributed by atoms with Gasteiger partial charge in [0.25, 0.3) is 0 Å². The predicted molar refractivity (Wildman–Crippen MR) is 90.1 cm³/mol. The Bertz CT molecular complexity index is 546. The molecule has 5 nitrogen and oxygen atoms in total. The van der Waals surface area contributed by atoms with Crippen LogP contribution in [0.2, 0.25) is 0 Å². The van der Waals surface area contributed by atoms with Crippen LogP contribution in [0.15, 0.2) is 18.2 Å². The normalized spacial score (nSPS) is 17.0. The fraction of sp³-hybridized carbons (Fsp3) is 0.625. The molecule has 0 heterocycles. The summed E-state index contributed by atoms with van der Waals surface area (Å²) in [4.78, 5) is 31.2. The fourth-order valence-corrected chi connectivity index (χ4v) is 4.13. The van der Waals surface area contributed by atoms with Crippen LogP contribution in [0.1, 0.15) is 52.7 Å². The summed E-state index contributed by atoms with van der Waals surface area (Å²) in [7, 11) is -5.60. The molecule has 22 heavy (non-hydrogen) atoms. The zero-order valence-electron chi connectivity index (χ0n) is 14.2. The van der Waals surface area contributed by atoms with Crippen molar-refractivity contribution in [2.45, 2.75) is 58.2 Å². The summed E-state index contributed by atoms with van der Waals surface area (Å²) < 4.78 is 0. The van der Waals surface area contributed by atoms with Crippen LogP contribution in [-0.4, -0.2) is 37.3 Å². The van der Waals surface area contributed by atoms with Gasteiger partial charge in [-0.3, -0.25) is 0 Å². The van der Waals surface area contributed by atoms with Crippen LogP contribution in [0.4, 0.5) is 0 Å². The minimum absolute atomic E-state index is 0.104. The number of rotatable bonds is 3. The van der Waals surface area contributed by atoms with Crippen LogP contribution < -0.4 is 5.30 Å². The standard InChI is InChI=1S/C16H29O5P/c1-15(2,3)11-7-8-13(12(9-11)16(4,5)6)22(19,20,21)14(18)10-17/h7-9,14,17-21H,10H2,1-6H3. The Morgan fingerprint density at radius 3 is 1.82 bits per heavy atom. The van der Waals surface area contributed by atoms with Crippen LogP contribution >= 0.6 is 7.28 Å². The van der Waals surface area contributed by atoms with E-state index in [1.54, 1.807) is 6.07 Å². The summed E-state index contributed by atoms with van der Waals surface area (Å²) in [5, 5.41) is 18.7. The molecule has 0 fully saturated rings. The molecule has 0 aliphatic heterocycles. The average molecular weight is 332 g/mol. The van der Waals surface area contributed by atoms with Gasteiger partial charge in [0.1, 0.15) is 0 Å². The first-order chi connectivity index (χ1) is 9.59. The van der Waals surface area contributed by atoms with E-state index in [0.29, 0.717) is 5.56 Å². The second-order valence-electron chi connectivity index (χ2n) is 7.94. The van der Waals surface area contributed by atoms with Crippen LogP contribution in [0.3, 0.4) is 0 Å². The summed E-state index contributed by atoms with van der Waals surface area (Å²) >= 11 is 0. The van der Waals surface area contributed by atoms with E-state index < -0.39 is 25.2 Å². The summed E-state index contributed by atoms with van der Waals surface area (Å²) in [5.41, 5.74) is 0.887. The van der Waals surface area contributed by atoms with E-state index in [1.807, 2.05) is 47.6 Å². The third kappa shape index (κ3) is 3.67. The summed E-state index contributed by atoms with van der Waals surface area (Å²) in [5.74, 6) is -2.02. The van der Waals surface area contributed by atoms with Crippen molar-refractivity contribution >= 4 is 12.6 Å². The van der Waals surface area contributed by atoms with E-state index in [0.717, 1.165) is 5.56 Å². The number of aliphatic hydroxyl groups is 2.